The Morgan fingerprint density at radius 1 is 1.30 bits per heavy atom. The van der Waals surface area contributed by atoms with Crippen LogP contribution in [0.1, 0.15) is 38.2 Å². The van der Waals surface area contributed by atoms with Crippen LogP contribution in [0.15, 0.2) is 43.0 Å². The molecule has 0 bridgehead atoms. The van der Waals surface area contributed by atoms with Gasteiger partial charge in [0.25, 0.3) is 0 Å². The van der Waals surface area contributed by atoms with Crippen LogP contribution in [-0.4, -0.2) is 25.8 Å². The van der Waals surface area contributed by atoms with Crippen LogP contribution in [0.2, 0.25) is 0 Å². The lowest BCUT2D eigenvalue weighted by Crippen LogP contribution is -2.51. The van der Waals surface area contributed by atoms with E-state index in [1.807, 2.05) is 6.08 Å². The van der Waals surface area contributed by atoms with E-state index >= 15 is 0 Å². The molecule has 1 aromatic rings. The van der Waals surface area contributed by atoms with Gasteiger partial charge in [0.15, 0.2) is 0 Å². The minimum atomic E-state index is 0.183. The van der Waals surface area contributed by atoms with Crippen LogP contribution in [0.4, 0.5) is 0 Å². The summed E-state index contributed by atoms with van der Waals surface area (Å²) in [6.07, 6.45) is 6.40. The molecular formula is C18H27NO. The second-order valence-corrected chi connectivity index (χ2v) is 5.67. The normalized spacial score (nSPS) is 19.4. The Kier molecular flexibility index (Phi) is 5.81. The van der Waals surface area contributed by atoms with Crippen molar-refractivity contribution in [3.63, 3.8) is 0 Å². The third-order valence-electron chi connectivity index (χ3n) is 4.44. The van der Waals surface area contributed by atoms with E-state index in [-0.39, 0.29) is 5.41 Å². The van der Waals surface area contributed by atoms with Crippen LogP contribution in [0.3, 0.4) is 0 Å². The average Bonchev–Trinajstić information content (AvgIpc) is 2.53. The minimum absolute atomic E-state index is 0.183. The molecule has 1 saturated heterocycles. The molecule has 1 aliphatic heterocycles. The van der Waals surface area contributed by atoms with Crippen LogP contribution >= 0.6 is 0 Å². The molecule has 1 heterocycles. The maximum absolute atomic E-state index is 5.63. The SMILES string of the molecule is C=CCC(NCCC)C1(c2ccccc2)CCOCC1. The zero-order valence-electron chi connectivity index (χ0n) is 12.6. The Morgan fingerprint density at radius 3 is 2.60 bits per heavy atom. The molecule has 1 atom stereocenters. The molecule has 1 aliphatic rings. The molecule has 0 amide bonds. The first kappa shape index (κ1) is 15.3. The zero-order valence-corrected chi connectivity index (χ0v) is 12.6. The predicted octanol–water partition coefficient (Wildman–Crippen LogP) is 3.68. The Balaban J connectivity index is 2.30. The van der Waals surface area contributed by atoms with Crippen molar-refractivity contribution < 1.29 is 4.74 Å². The number of ether oxygens (including phenoxy) is 1. The molecule has 2 nitrogen and oxygen atoms in total. The van der Waals surface area contributed by atoms with Crippen molar-refractivity contribution in [2.75, 3.05) is 19.8 Å². The molecule has 1 fully saturated rings. The summed E-state index contributed by atoms with van der Waals surface area (Å²) >= 11 is 0. The first-order valence-electron chi connectivity index (χ1n) is 7.81. The smallest absolute Gasteiger partial charge is 0.0475 e. The molecule has 0 spiro atoms. The molecule has 20 heavy (non-hydrogen) atoms. The number of rotatable bonds is 7. The molecule has 110 valence electrons. The summed E-state index contributed by atoms with van der Waals surface area (Å²) in [5.41, 5.74) is 1.63. The van der Waals surface area contributed by atoms with Gasteiger partial charge in [0.2, 0.25) is 0 Å². The summed E-state index contributed by atoms with van der Waals surface area (Å²) in [5, 5.41) is 3.75. The Bertz CT molecular complexity index is 395. The number of hydrogen-bond acceptors (Lipinski definition) is 2. The third-order valence-corrected chi connectivity index (χ3v) is 4.44. The van der Waals surface area contributed by atoms with E-state index in [0.29, 0.717) is 6.04 Å². The highest BCUT2D eigenvalue weighted by Crippen LogP contribution is 2.39. The van der Waals surface area contributed by atoms with Gasteiger partial charge in [-0.05, 0) is 37.8 Å². The molecule has 0 aromatic heterocycles. The monoisotopic (exact) mass is 273 g/mol. The van der Waals surface area contributed by atoms with Gasteiger partial charge in [-0.15, -0.1) is 6.58 Å². The number of nitrogens with one attached hydrogen (secondary N) is 1. The predicted molar refractivity (Wildman–Crippen MR) is 85.1 cm³/mol. The van der Waals surface area contributed by atoms with Gasteiger partial charge in [-0.1, -0.05) is 43.3 Å². The quantitative estimate of drug-likeness (QED) is 0.765. The van der Waals surface area contributed by atoms with Gasteiger partial charge in [0, 0.05) is 24.7 Å². The Morgan fingerprint density at radius 2 is 2.00 bits per heavy atom. The molecule has 1 aromatic carbocycles. The van der Waals surface area contributed by atoms with E-state index in [1.54, 1.807) is 0 Å². The van der Waals surface area contributed by atoms with Crippen LogP contribution < -0.4 is 5.32 Å². The lowest BCUT2D eigenvalue weighted by Gasteiger charge is -2.44. The lowest BCUT2D eigenvalue weighted by atomic mass is 9.67. The van der Waals surface area contributed by atoms with Gasteiger partial charge in [0.05, 0.1) is 0 Å². The Labute approximate surface area is 123 Å². The molecule has 2 rings (SSSR count). The fourth-order valence-corrected chi connectivity index (χ4v) is 3.33. The Hall–Kier alpha value is -1.12. The van der Waals surface area contributed by atoms with E-state index in [1.165, 1.54) is 5.56 Å². The van der Waals surface area contributed by atoms with Crippen LogP contribution in [-0.2, 0) is 10.2 Å². The van der Waals surface area contributed by atoms with E-state index in [2.05, 4.69) is 49.2 Å². The summed E-state index contributed by atoms with van der Waals surface area (Å²) < 4.78 is 5.63. The van der Waals surface area contributed by atoms with Crippen LogP contribution in [0.25, 0.3) is 0 Å². The van der Waals surface area contributed by atoms with Gasteiger partial charge in [-0.2, -0.15) is 0 Å². The maximum atomic E-state index is 5.63. The summed E-state index contributed by atoms with van der Waals surface area (Å²) in [6.45, 7) is 8.95. The van der Waals surface area contributed by atoms with Crippen molar-refractivity contribution in [1.82, 2.24) is 5.32 Å². The van der Waals surface area contributed by atoms with Gasteiger partial charge in [0.1, 0.15) is 0 Å². The second-order valence-electron chi connectivity index (χ2n) is 5.67. The fraction of sp³-hybridized carbons (Fsp3) is 0.556. The van der Waals surface area contributed by atoms with Crippen molar-refractivity contribution >= 4 is 0 Å². The van der Waals surface area contributed by atoms with E-state index in [0.717, 1.165) is 45.4 Å². The highest BCUT2D eigenvalue weighted by atomic mass is 16.5. The molecule has 0 radical (unpaired) electrons. The highest BCUT2D eigenvalue weighted by molar-refractivity contribution is 5.29. The van der Waals surface area contributed by atoms with Gasteiger partial charge >= 0.3 is 0 Å². The molecule has 0 aliphatic carbocycles. The zero-order chi connectivity index (χ0) is 14.3. The van der Waals surface area contributed by atoms with Crippen molar-refractivity contribution in [2.45, 2.75) is 44.1 Å². The van der Waals surface area contributed by atoms with Crippen molar-refractivity contribution in [3.8, 4) is 0 Å². The average molecular weight is 273 g/mol. The largest absolute Gasteiger partial charge is 0.381 e. The van der Waals surface area contributed by atoms with Crippen molar-refractivity contribution in [3.05, 3.63) is 48.6 Å². The molecule has 0 saturated carbocycles. The van der Waals surface area contributed by atoms with E-state index in [9.17, 15) is 0 Å². The lowest BCUT2D eigenvalue weighted by molar-refractivity contribution is 0.0347. The molecule has 2 heteroatoms. The van der Waals surface area contributed by atoms with E-state index in [4.69, 9.17) is 4.74 Å². The number of benzene rings is 1. The first-order chi connectivity index (χ1) is 9.83. The summed E-state index contributed by atoms with van der Waals surface area (Å²) in [6, 6.07) is 11.4. The molecule has 1 unspecified atom stereocenters. The van der Waals surface area contributed by atoms with Crippen molar-refractivity contribution in [2.24, 2.45) is 0 Å². The second kappa shape index (κ2) is 7.61. The standard InChI is InChI=1S/C18H27NO/c1-3-8-17(19-13-4-2)18(11-14-20-15-12-18)16-9-6-5-7-10-16/h3,5-7,9-10,17,19H,1,4,8,11-15H2,2H3. The fourth-order valence-electron chi connectivity index (χ4n) is 3.33. The summed E-state index contributed by atoms with van der Waals surface area (Å²) in [7, 11) is 0. The highest BCUT2D eigenvalue weighted by Gasteiger charge is 2.40. The maximum Gasteiger partial charge on any atom is 0.0475 e. The summed E-state index contributed by atoms with van der Waals surface area (Å²) in [4.78, 5) is 0. The number of hydrogen-bond donors (Lipinski definition) is 1. The molecular weight excluding hydrogens is 246 g/mol. The van der Waals surface area contributed by atoms with Gasteiger partial charge in [-0.25, -0.2) is 0 Å². The van der Waals surface area contributed by atoms with Crippen LogP contribution in [0.5, 0.6) is 0 Å². The summed E-state index contributed by atoms with van der Waals surface area (Å²) in [5.74, 6) is 0. The topological polar surface area (TPSA) is 21.3 Å². The minimum Gasteiger partial charge on any atom is -0.381 e. The van der Waals surface area contributed by atoms with Gasteiger partial charge in [-0.3, -0.25) is 0 Å². The molecule has 1 N–H and O–H groups in total. The van der Waals surface area contributed by atoms with Gasteiger partial charge < -0.3 is 10.1 Å². The van der Waals surface area contributed by atoms with Crippen LogP contribution in [0, 0.1) is 0 Å². The first-order valence-corrected chi connectivity index (χ1v) is 7.81. The van der Waals surface area contributed by atoms with Crippen molar-refractivity contribution in [1.29, 1.82) is 0 Å². The van der Waals surface area contributed by atoms with E-state index < -0.39 is 0 Å². The third kappa shape index (κ3) is 3.31.